The van der Waals surface area contributed by atoms with Gasteiger partial charge in [-0.2, -0.15) is 0 Å². The van der Waals surface area contributed by atoms with E-state index >= 15 is 0 Å². The molecule has 1 aliphatic heterocycles. The van der Waals surface area contributed by atoms with Crippen molar-refractivity contribution in [1.29, 1.82) is 0 Å². The molecule has 12 heteroatoms. The van der Waals surface area contributed by atoms with E-state index in [0.29, 0.717) is 56.7 Å². The molecular weight excluding hydrogens is 548 g/mol. The molecule has 1 amide bonds. The topological polar surface area (TPSA) is 105 Å². The normalized spacial score (nSPS) is 17.9. The second-order valence-electron chi connectivity index (χ2n) is 11.6. The van der Waals surface area contributed by atoms with Gasteiger partial charge in [0.15, 0.2) is 0 Å². The summed E-state index contributed by atoms with van der Waals surface area (Å²) in [4.78, 5) is 28.7. The van der Waals surface area contributed by atoms with Crippen LogP contribution in [0.5, 0.6) is 0 Å². The van der Waals surface area contributed by atoms with Crippen LogP contribution in [0.4, 0.5) is 4.79 Å². The van der Waals surface area contributed by atoms with Crippen molar-refractivity contribution in [3.63, 3.8) is 0 Å². The minimum Gasteiger partial charge on any atom is -0.444 e. The second kappa shape index (κ2) is 13.7. The van der Waals surface area contributed by atoms with Crippen molar-refractivity contribution in [2.24, 2.45) is 0 Å². The summed E-state index contributed by atoms with van der Waals surface area (Å²) in [5.74, 6) is 0. The lowest BCUT2D eigenvalue weighted by molar-refractivity contribution is 0.0229. The van der Waals surface area contributed by atoms with Crippen molar-refractivity contribution in [2.75, 3.05) is 65.9 Å². The monoisotopic (exact) mass is 593 g/mol. The molecule has 0 N–H and O–H groups in total. The molecule has 2 aromatic rings. The summed E-state index contributed by atoms with van der Waals surface area (Å²) < 4.78 is 36.7. The minimum absolute atomic E-state index is 0.337. The van der Waals surface area contributed by atoms with Crippen LogP contribution in [-0.4, -0.2) is 102 Å². The van der Waals surface area contributed by atoms with Crippen LogP contribution in [0.15, 0.2) is 36.4 Å². The fourth-order valence-electron chi connectivity index (χ4n) is 4.37. The summed E-state index contributed by atoms with van der Waals surface area (Å²) in [5.41, 5.74) is 2.14. The van der Waals surface area contributed by atoms with Gasteiger partial charge in [0.05, 0.1) is 23.4 Å². The molecule has 40 heavy (non-hydrogen) atoms. The third-order valence-corrected chi connectivity index (χ3v) is 9.64. The first kappa shape index (κ1) is 32.4. The summed E-state index contributed by atoms with van der Waals surface area (Å²) in [7, 11) is -5.47. The molecule has 1 atom stereocenters. The summed E-state index contributed by atoms with van der Waals surface area (Å²) >= 11 is 0. The summed E-state index contributed by atoms with van der Waals surface area (Å²) in [6.45, 7) is 17.7. The van der Waals surface area contributed by atoms with Crippen molar-refractivity contribution in [2.45, 2.75) is 46.4 Å². The Bertz CT molecular complexity index is 1250. The average Bonchev–Trinajstić information content (AvgIpc) is 2.94. The Morgan fingerprint density at radius 3 is 1.77 bits per heavy atom. The van der Waals surface area contributed by atoms with Gasteiger partial charge in [0.2, 0.25) is 7.37 Å². The molecule has 1 unspecified atom stereocenters. The molecule has 2 aromatic heterocycles. The Hall–Kier alpha value is -2.09. The van der Waals surface area contributed by atoms with Crippen molar-refractivity contribution in [1.82, 2.24) is 24.7 Å². The zero-order valence-electron chi connectivity index (χ0n) is 25.0. The molecule has 0 bridgehead atoms. The fraction of sp³-hybridized carbons (Fsp3) is 0.607. The summed E-state index contributed by atoms with van der Waals surface area (Å²) in [6.07, 6.45) is -0.337. The summed E-state index contributed by atoms with van der Waals surface area (Å²) in [5, 5.41) is 0. The Morgan fingerprint density at radius 2 is 1.30 bits per heavy atom. The highest BCUT2D eigenvalue weighted by molar-refractivity contribution is 7.69. The number of rotatable bonds is 8. The smallest absolute Gasteiger partial charge is 0.410 e. The number of carbonyl (C=O) groups is 1. The van der Waals surface area contributed by atoms with Crippen LogP contribution in [0.25, 0.3) is 0 Å². The average molecular weight is 594 g/mol. The molecular formula is C28H45N5O5P2. The van der Waals surface area contributed by atoms with Gasteiger partial charge in [-0.15, -0.1) is 0 Å². The van der Waals surface area contributed by atoms with Gasteiger partial charge in [0.1, 0.15) is 18.2 Å². The van der Waals surface area contributed by atoms with Gasteiger partial charge >= 0.3 is 6.09 Å². The first-order valence-electron chi connectivity index (χ1n) is 13.8. The predicted molar refractivity (Wildman–Crippen MR) is 161 cm³/mol. The number of hydrogen-bond donors (Lipinski definition) is 0. The third kappa shape index (κ3) is 10.1. The molecule has 3 rings (SSSR count). The number of nitrogens with zero attached hydrogens (tertiary/aromatic N) is 5. The van der Waals surface area contributed by atoms with Crippen LogP contribution in [-0.2, 0) is 31.5 Å². The number of hydrogen-bond acceptors (Lipinski definition) is 9. The van der Waals surface area contributed by atoms with Gasteiger partial charge < -0.3 is 18.7 Å². The highest BCUT2D eigenvalue weighted by Gasteiger charge is 2.26. The highest BCUT2D eigenvalue weighted by Crippen LogP contribution is 2.40. The van der Waals surface area contributed by atoms with Gasteiger partial charge in [0, 0.05) is 59.0 Å². The van der Waals surface area contributed by atoms with E-state index in [9.17, 15) is 13.9 Å². The van der Waals surface area contributed by atoms with Gasteiger partial charge in [-0.05, 0) is 65.3 Å². The number of aromatic nitrogens is 2. The van der Waals surface area contributed by atoms with Gasteiger partial charge in [-0.1, -0.05) is 12.1 Å². The zero-order chi connectivity index (χ0) is 29.6. The fourth-order valence-corrected chi connectivity index (χ4v) is 6.48. The number of amides is 1. The second-order valence-corrected chi connectivity index (χ2v) is 17.2. The molecule has 0 aliphatic carbocycles. The van der Waals surface area contributed by atoms with E-state index in [2.05, 4.69) is 19.8 Å². The van der Waals surface area contributed by atoms with E-state index in [0.717, 1.165) is 24.5 Å². The van der Waals surface area contributed by atoms with Gasteiger partial charge in [-0.3, -0.25) is 14.4 Å². The van der Waals surface area contributed by atoms with Crippen LogP contribution in [0, 0.1) is 0 Å². The van der Waals surface area contributed by atoms with E-state index < -0.39 is 20.1 Å². The van der Waals surface area contributed by atoms with Crippen LogP contribution < -0.4 is 10.9 Å². The Morgan fingerprint density at radius 1 is 0.825 bits per heavy atom. The summed E-state index contributed by atoms with van der Waals surface area (Å²) in [6, 6.07) is 11.2. The zero-order valence-corrected chi connectivity index (χ0v) is 26.8. The van der Waals surface area contributed by atoms with E-state index in [-0.39, 0.29) is 6.09 Å². The molecule has 1 saturated heterocycles. The maximum atomic E-state index is 13.1. The quantitative estimate of drug-likeness (QED) is 0.422. The van der Waals surface area contributed by atoms with E-state index in [1.807, 2.05) is 58.0 Å². The first-order chi connectivity index (χ1) is 18.7. The highest BCUT2D eigenvalue weighted by atomic mass is 31.2. The maximum absolute atomic E-state index is 13.1. The van der Waals surface area contributed by atoms with Crippen molar-refractivity contribution >= 4 is 31.5 Å². The van der Waals surface area contributed by atoms with E-state index in [1.165, 1.54) is 0 Å². The molecule has 0 saturated carbocycles. The Labute approximate surface area is 239 Å². The van der Waals surface area contributed by atoms with E-state index in [1.54, 1.807) is 31.0 Å². The molecule has 1 fully saturated rings. The molecule has 0 spiro atoms. The number of pyridine rings is 2. The molecule has 0 radical (unpaired) electrons. The predicted octanol–water partition coefficient (Wildman–Crippen LogP) is 3.85. The SMILES string of the molecule is CCOP(C)(=O)c1cccc(CN2CCN(Cc3cccc(P(C)(C)=O)n3)CCN(C(=O)OC(C)(C)C)CC2)n1. The van der Waals surface area contributed by atoms with Crippen LogP contribution >= 0.6 is 14.5 Å². The Balaban J connectivity index is 1.82. The van der Waals surface area contributed by atoms with Crippen LogP contribution in [0.3, 0.4) is 0 Å². The molecule has 222 valence electrons. The molecule has 10 nitrogen and oxygen atoms in total. The maximum Gasteiger partial charge on any atom is 0.410 e. The minimum atomic E-state index is -2.99. The van der Waals surface area contributed by atoms with E-state index in [4.69, 9.17) is 9.26 Å². The molecule has 0 aromatic carbocycles. The van der Waals surface area contributed by atoms with Crippen molar-refractivity contribution in [3.05, 3.63) is 47.8 Å². The Kier molecular flexibility index (Phi) is 11.1. The van der Waals surface area contributed by atoms with Crippen LogP contribution in [0.2, 0.25) is 0 Å². The standard InChI is InChI=1S/C28H45N5O5P2/c1-8-37-40(7,36)26-14-10-12-24(30-26)22-32-16-15-31(21-23-11-9-13-25(29-23)39(5,6)35)17-19-33(20-18-32)27(34)38-28(2,3)4/h9-14H,8,15-22H2,1-7H3. The lowest BCUT2D eigenvalue weighted by Crippen LogP contribution is -2.42. The van der Waals surface area contributed by atoms with Crippen molar-refractivity contribution in [3.8, 4) is 0 Å². The van der Waals surface area contributed by atoms with Gasteiger partial charge in [-0.25, -0.2) is 14.8 Å². The number of ether oxygens (including phenoxy) is 1. The lowest BCUT2D eigenvalue weighted by Gasteiger charge is -2.29. The van der Waals surface area contributed by atoms with Gasteiger partial charge in [0.25, 0.3) is 0 Å². The lowest BCUT2D eigenvalue weighted by atomic mass is 10.2. The first-order valence-corrected chi connectivity index (χ1v) is 18.5. The van der Waals surface area contributed by atoms with Crippen molar-refractivity contribution < 1.29 is 23.2 Å². The molecule has 3 heterocycles. The largest absolute Gasteiger partial charge is 0.444 e. The van der Waals surface area contributed by atoms with Crippen LogP contribution in [0.1, 0.15) is 39.1 Å². The molecule has 1 aliphatic rings. The third-order valence-electron chi connectivity index (χ3n) is 6.46. The number of carbonyl (C=O) groups excluding carboxylic acids is 1.